The Labute approximate surface area is 115 Å². The van der Waals surface area contributed by atoms with Crippen molar-refractivity contribution < 1.29 is 0 Å². The summed E-state index contributed by atoms with van der Waals surface area (Å²) in [6.07, 6.45) is 7.87. The summed E-state index contributed by atoms with van der Waals surface area (Å²) in [5.41, 5.74) is 2.95. The maximum Gasteiger partial charge on any atom is 0.107 e. The quantitative estimate of drug-likeness (QED) is 0.702. The van der Waals surface area contributed by atoms with Gasteiger partial charge in [0.05, 0.1) is 0 Å². The molecular weight excluding hydrogens is 238 g/mol. The van der Waals surface area contributed by atoms with Gasteiger partial charge in [-0.25, -0.2) is 0 Å². The summed E-state index contributed by atoms with van der Waals surface area (Å²) in [6, 6.07) is 8.65. The molecular formula is C16H21NS. The topological polar surface area (TPSA) is 12.0 Å². The van der Waals surface area contributed by atoms with E-state index in [2.05, 4.69) is 36.5 Å². The van der Waals surface area contributed by atoms with E-state index in [4.69, 9.17) is 12.2 Å². The Morgan fingerprint density at radius 2 is 1.89 bits per heavy atom. The van der Waals surface area contributed by atoms with Gasteiger partial charge in [-0.2, -0.15) is 0 Å². The molecule has 0 bridgehead atoms. The second kappa shape index (κ2) is 4.65. The molecule has 1 N–H and O–H groups in total. The van der Waals surface area contributed by atoms with Gasteiger partial charge in [0.25, 0.3) is 0 Å². The molecule has 0 radical (unpaired) electrons. The lowest BCUT2D eigenvalue weighted by Crippen LogP contribution is -2.48. The summed E-state index contributed by atoms with van der Waals surface area (Å²) in [6.45, 7) is 2.35. The zero-order chi connectivity index (χ0) is 12.6. The molecule has 0 amide bonds. The number of thiocarbonyl (C=S) groups is 1. The molecule has 1 heterocycles. The van der Waals surface area contributed by atoms with Crippen molar-refractivity contribution >= 4 is 17.2 Å². The predicted molar refractivity (Wildman–Crippen MR) is 80.1 cm³/mol. The number of fused-ring (bicyclic) bond motifs is 1. The lowest BCUT2D eigenvalue weighted by Gasteiger charge is -2.39. The van der Waals surface area contributed by atoms with E-state index < -0.39 is 0 Å². The van der Waals surface area contributed by atoms with E-state index in [9.17, 15) is 0 Å². The molecule has 1 aromatic rings. The number of hydrogen-bond donors (Lipinski definition) is 1. The fourth-order valence-corrected chi connectivity index (χ4v) is 4.15. The van der Waals surface area contributed by atoms with Gasteiger partial charge in [0.2, 0.25) is 0 Å². The number of nitrogens with one attached hydrogen (secondary N) is 1. The second-order valence-electron chi connectivity index (χ2n) is 5.99. The van der Waals surface area contributed by atoms with E-state index in [1.807, 2.05) is 0 Å². The molecule has 0 saturated heterocycles. The van der Waals surface area contributed by atoms with Crippen molar-refractivity contribution in [3.05, 3.63) is 35.4 Å². The third-order valence-electron chi connectivity index (χ3n) is 4.62. The van der Waals surface area contributed by atoms with Crippen LogP contribution in [0, 0.1) is 0 Å². The van der Waals surface area contributed by atoms with Gasteiger partial charge in [0, 0.05) is 11.1 Å². The summed E-state index contributed by atoms with van der Waals surface area (Å²) >= 11 is 5.64. The van der Waals surface area contributed by atoms with Crippen molar-refractivity contribution in [2.24, 2.45) is 0 Å². The van der Waals surface area contributed by atoms with Gasteiger partial charge in [0.15, 0.2) is 0 Å². The summed E-state index contributed by atoms with van der Waals surface area (Å²) in [5, 5.41) is 3.71. The molecule has 0 aromatic heterocycles. The van der Waals surface area contributed by atoms with Gasteiger partial charge < -0.3 is 5.32 Å². The molecule has 2 aliphatic rings. The Balaban J connectivity index is 1.98. The van der Waals surface area contributed by atoms with Crippen LogP contribution in [-0.2, 0) is 0 Å². The molecule has 1 nitrogen and oxygen atoms in total. The highest BCUT2D eigenvalue weighted by Gasteiger charge is 2.37. The molecule has 1 spiro atoms. The van der Waals surface area contributed by atoms with Gasteiger partial charge in [-0.1, -0.05) is 62.7 Å². The van der Waals surface area contributed by atoms with Crippen LogP contribution in [0.4, 0.5) is 0 Å². The van der Waals surface area contributed by atoms with Crippen LogP contribution < -0.4 is 5.32 Å². The molecule has 1 aliphatic carbocycles. The van der Waals surface area contributed by atoms with E-state index in [1.54, 1.807) is 0 Å². The Morgan fingerprint density at radius 3 is 2.67 bits per heavy atom. The van der Waals surface area contributed by atoms with Gasteiger partial charge in [-0.05, 0) is 30.7 Å². The van der Waals surface area contributed by atoms with Crippen LogP contribution in [0.1, 0.15) is 62.5 Å². The molecule has 1 unspecified atom stereocenters. The van der Waals surface area contributed by atoms with E-state index in [0.717, 1.165) is 4.99 Å². The first-order chi connectivity index (χ1) is 8.70. The first-order valence-corrected chi connectivity index (χ1v) is 7.52. The van der Waals surface area contributed by atoms with E-state index in [1.165, 1.54) is 49.7 Å². The Hall–Kier alpha value is -0.890. The van der Waals surface area contributed by atoms with Crippen LogP contribution in [0.2, 0.25) is 0 Å². The number of rotatable bonds is 0. The van der Waals surface area contributed by atoms with Crippen molar-refractivity contribution in [1.29, 1.82) is 0 Å². The average molecular weight is 259 g/mol. The average Bonchev–Trinajstić information content (AvgIpc) is 2.48. The molecule has 18 heavy (non-hydrogen) atoms. The van der Waals surface area contributed by atoms with Crippen molar-refractivity contribution in [2.75, 3.05) is 0 Å². The lowest BCUT2D eigenvalue weighted by molar-refractivity contribution is 0.240. The second-order valence-corrected chi connectivity index (χ2v) is 6.40. The molecule has 1 aromatic carbocycles. The van der Waals surface area contributed by atoms with Crippen LogP contribution in [0.5, 0.6) is 0 Å². The largest absolute Gasteiger partial charge is 0.370 e. The van der Waals surface area contributed by atoms with E-state index in [0.29, 0.717) is 5.92 Å². The van der Waals surface area contributed by atoms with Gasteiger partial charge in [0.1, 0.15) is 4.99 Å². The minimum atomic E-state index is 0.272. The minimum absolute atomic E-state index is 0.272. The fourth-order valence-electron chi connectivity index (χ4n) is 3.75. The fraction of sp³-hybridized carbons (Fsp3) is 0.562. The number of hydrogen-bond acceptors (Lipinski definition) is 1. The van der Waals surface area contributed by atoms with Crippen molar-refractivity contribution in [3.8, 4) is 0 Å². The van der Waals surface area contributed by atoms with Crippen LogP contribution in [0.15, 0.2) is 24.3 Å². The Morgan fingerprint density at radius 1 is 1.17 bits per heavy atom. The molecule has 1 atom stereocenters. The summed E-state index contributed by atoms with van der Waals surface area (Å²) in [7, 11) is 0. The standard InChI is InChI=1S/C16H21NS/c1-12-11-16(9-5-2-6-10-16)17-15(18)14-8-4-3-7-13(12)14/h3-4,7-8,12H,2,5-6,9-11H2,1H3,(H,17,18). The maximum absolute atomic E-state index is 5.64. The van der Waals surface area contributed by atoms with Crippen LogP contribution in [-0.4, -0.2) is 10.5 Å². The number of benzene rings is 1. The minimum Gasteiger partial charge on any atom is -0.370 e. The van der Waals surface area contributed by atoms with Crippen LogP contribution >= 0.6 is 12.2 Å². The van der Waals surface area contributed by atoms with E-state index in [-0.39, 0.29) is 5.54 Å². The monoisotopic (exact) mass is 259 g/mol. The Kier molecular flexibility index (Phi) is 3.14. The highest BCUT2D eigenvalue weighted by Crippen LogP contribution is 2.39. The third-order valence-corrected chi connectivity index (χ3v) is 4.94. The summed E-state index contributed by atoms with van der Waals surface area (Å²) in [5.74, 6) is 0.604. The van der Waals surface area contributed by atoms with Gasteiger partial charge in [-0.15, -0.1) is 0 Å². The molecule has 2 heteroatoms. The smallest absolute Gasteiger partial charge is 0.107 e. The summed E-state index contributed by atoms with van der Waals surface area (Å²) < 4.78 is 0. The van der Waals surface area contributed by atoms with Crippen molar-refractivity contribution in [3.63, 3.8) is 0 Å². The maximum atomic E-state index is 5.64. The van der Waals surface area contributed by atoms with Crippen LogP contribution in [0.3, 0.4) is 0 Å². The molecule has 3 rings (SSSR count). The SMILES string of the molecule is CC1CC2(CCCCC2)NC(=S)c2ccccc21. The van der Waals surface area contributed by atoms with Crippen molar-refractivity contribution in [1.82, 2.24) is 5.32 Å². The summed E-state index contributed by atoms with van der Waals surface area (Å²) in [4.78, 5) is 0.969. The highest BCUT2D eigenvalue weighted by molar-refractivity contribution is 7.80. The zero-order valence-corrected chi connectivity index (χ0v) is 11.9. The molecule has 1 saturated carbocycles. The lowest BCUT2D eigenvalue weighted by atomic mass is 9.75. The normalized spacial score (nSPS) is 26.3. The van der Waals surface area contributed by atoms with E-state index >= 15 is 0 Å². The first-order valence-electron chi connectivity index (χ1n) is 7.12. The molecule has 1 aliphatic heterocycles. The molecule has 96 valence electrons. The highest BCUT2D eigenvalue weighted by atomic mass is 32.1. The zero-order valence-electron chi connectivity index (χ0n) is 11.0. The van der Waals surface area contributed by atoms with Crippen molar-refractivity contribution in [2.45, 2.75) is 56.9 Å². The van der Waals surface area contributed by atoms with Gasteiger partial charge in [-0.3, -0.25) is 0 Å². The molecule has 1 fully saturated rings. The van der Waals surface area contributed by atoms with Crippen LogP contribution in [0.25, 0.3) is 0 Å². The predicted octanol–water partition coefficient (Wildman–Crippen LogP) is 4.16. The first kappa shape index (κ1) is 12.2. The third kappa shape index (κ3) is 2.07. The van der Waals surface area contributed by atoms with Gasteiger partial charge >= 0.3 is 0 Å². The Bertz CT molecular complexity index is 460.